The molecule has 0 saturated carbocycles. The molecule has 7 nitrogen and oxygen atoms in total. The lowest BCUT2D eigenvalue weighted by molar-refractivity contribution is 0.190. The lowest BCUT2D eigenvalue weighted by Gasteiger charge is -2.16. The molecule has 0 aliphatic heterocycles. The number of rotatable bonds is 6. The summed E-state index contributed by atoms with van der Waals surface area (Å²) in [5.41, 5.74) is 5.64. The number of nitrogens with zero attached hydrogens (tertiary/aromatic N) is 2. The second-order valence-corrected chi connectivity index (χ2v) is 6.88. The van der Waals surface area contributed by atoms with Crippen LogP contribution < -0.4 is 11.1 Å². The van der Waals surface area contributed by atoms with Crippen LogP contribution in [-0.2, 0) is 14.8 Å². The Morgan fingerprint density at radius 1 is 1.56 bits per heavy atom. The highest BCUT2D eigenvalue weighted by molar-refractivity contribution is 7.89. The van der Waals surface area contributed by atoms with Crippen LogP contribution in [0.4, 0.5) is 10.8 Å². The van der Waals surface area contributed by atoms with E-state index in [1.165, 1.54) is 14.1 Å². The van der Waals surface area contributed by atoms with Crippen LogP contribution in [0.25, 0.3) is 0 Å². The van der Waals surface area contributed by atoms with Gasteiger partial charge in [-0.25, -0.2) is 12.7 Å². The van der Waals surface area contributed by atoms with Gasteiger partial charge in [-0.3, -0.25) is 0 Å². The number of aromatic nitrogens is 1. The highest BCUT2D eigenvalue weighted by Gasteiger charge is 2.28. The Balaban J connectivity index is 3.10. The lowest BCUT2D eigenvalue weighted by Crippen LogP contribution is -2.26. The van der Waals surface area contributed by atoms with Crippen molar-refractivity contribution in [3.63, 3.8) is 0 Å². The molecule has 0 spiro atoms. The van der Waals surface area contributed by atoms with Gasteiger partial charge in [0.15, 0.2) is 10.7 Å². The van der Waals surface area contributed by atoms with E-state index >= 15 is 0 Å². The van der Waals surface area contributed by atoms with Gasteiger partial charge in [0.25, 0.3) is 0 Å². The van der Waals surface area contributed by atoms with E-state index in [1.54, 1.807) is 7.11 Å². The molecule has 1 unspecified atom stereocenters. The summed E-state index contributed by atoms with van der Waals surface area (Å²) in [6.45, 7) is 2.34. The normalized spacial score (nSPS) is 13.8. The van der Waals surface area contributed by atoms with Crippen LogP contribution in [0, 0.1) is 0 Å². The van der Waals surface area contributed by atoms with Crippen molar-refractivity contribution >= 4 is 32.4 Å². The van der Waals surface area contributed by atoms with Crippen molar-refractivity contribution in [2.24, 2.45) is 0 Å². The van der Waals surface area contributed by atoms with E-state index in [-0.39, 0.29) is 16.8 Å². The lowest BCUT2D eigenvalue weighted by atomic mass is 10.4. The number of sulfonamides is 1. The van der Waals surface area contributed by atoms with E-state index in [1.807, 2.05) is 6.92 Å². The first-order valence-electron chi connectivity index (χ1n) is 5.23. The number of nitrogen functional groups attached to an aromatic ring is 1. The van der Waals surface area contributed by atoms with E-state index in [4.69, 9.17) is 10.5 Å². The van der Waals surface area contributed by atoms with Crippen LogP contribution in [0.15, 0.2) is 4.90 Å². The van der Waals surface area contributed by atoms with Crippen molar-refractivity contribution in [3.8, 4) is 0 Å². The monoisotopic (exact) mass is 294 g/mol. The summed E-state index contributed by atoms with van der Waals surface area (Å²) in [5, 5.41) is 3.47. The zero-order chi connectivity index (χ0) is 13.9. The Hall–Kier alpha value is -0.900. The van der Waals surface area contributed by atoms with Gasteiger partial charge >= 0.3 is 0 Å². The number of anilines is 2. The average molecular weight is 294 g/mol. The molecule has 1 aromatic rings. The molecule has 1 heterocycles. The molecule has 1 atom stereocenters. The molecule has 1 rings (SSSR count). The Morgan fingerprint density at radius 3 is 2.67 bits per heavy atom. The van der Waals surface area contributed by atoms with Crippen molar-refractivity contribution in [3.05, 3.63) is 0 Å². The van der Waals surface area contributed by atoms with Gasteiger partial charge in [0, 0.05) is 27.2 Å². The van der Waals surface area contributed by atoms with E-state index in [0.717, 1.165) is 15.8 Å². The molecule has 104 valence electrons. The predicted molar refractivity (Wildman–Crippen MR) is 72.4 cm³/mol. The molecule has 0 radical (unpaired) electrons. The van der Waals surface area contributed by atoms with Crippen molar-refractivity contribution < 1.29 is 13.2 Å². The summed E-state index contributed by atoms with van der Waals surface area (Å²) in [7, 11) is 0.884. The fraction of sp³-hybridized carbons (Fsp3) is 0.667. The largest absolute Gasteiger partial charge is 0.383 e. The zero-order valence-corrected chi connectivity index (χ0v) is 12.4. The Morgan fingerprint density at radius 2 is 2.17 bits per heavy atom. The number of nitrogens with one attached hydrogen (secondary N) is 1. The third kappa shape index (κ3) is 3.10. The molecule has 3 N–H and O–H groups in total. The first-order valence-corrected chi connectivity index (χ1v) is 7.45. The molecule has 0 fully saturated rings. The van der Waals surface area contributed by atoms with E-state index in [9.17, 15) is 8.42 Å². The van der Waals surface area contributed by atoms with Gasteiger partial charge in [0.1, 0.15) is 5.00 Å². The average Bonchev–Trinajstić information content (AvgIpc) is 2.60. The first kappa shape index (κ1) is 15.2. The summed E-state index contributed by atoms with van der Waals surface area (Å²) in [6.07, 6.45) is 0. The fourth-order valence-electron chi connectivity index (χ4n) is 1.33. The van der Waals surface area contributed by atoms with Crippen LogP contribution in [0.5, 0.6) is 0 Å². The minimum Gasteiger partial charge on any atom is -0.383 e. The number of ether oxygens (including phenoxy) is 1. The van der Waals surface area contributed by atoms with Gasteiger partial charge in [0.05, 0.1) is 6.61 Å². The zero-order valence-electron chi connectivity index (χ0n) is 10.8. The Labute approximate surface area is 111 Å². The fourth-order valence-corrected chi connectivity index (χ4v) is 3.51. The van der Waals surface area contributed by atoms with Crippen LogP contribution in [-0.4, -0.2) is 51.0 Å². The number of hydrogen-bond donors (Lipinski definition) is 2. The van der Waals surface area contributed by atoms with Crippen molar-refractivity contribution in [1.29, 1.82) is 0 Å². The smallest absolute Gasteiger partial charge is 0.249 e. The van der Waals surface area contributed by atoms with E-state index in [0.29, 0.717) is 11.6 Å². The molecular weight excluding hydrogens is 276 g/mol. The molecule has 18 heavy (non-hydrogen) atoms. The van der Waals surface area contributed by atoms with Crippen LogP contribution in [0.1, 0.15) is 6.92 Å². The van der Waals surface area contributed by atoms with Gasteiger partial charge in [0.2, 0.25) is 10.0 Å². The first-order chi connectivity index (χ1) is 8.30. The van der Waals surface area contributed by atoms with Crippen molar-refractivity contribution in [2.75, 3.05) is 38.9 Å². The maximum absolute atomic E-state index is 12.1. The maximum Gasteiger partial charge on any atom is 0.249 e. The molecule has 0 aromatic carbocycles. The highest BCUT2D eigenvalue weighted by atomic mass is 32.2. The summed E-state index contributed by atoms with van der Waals surface area (Å²) in [4.78, 5) is 0.0282. The molecule has 0 bridgehead atoms. The van der Waals surface area contributed by atoms with Crippen molar-refractivity contribution in [2.45, 2.75) is 17.9 Å². The second kappa shape index (κ2) is 5.83. The summed E-state index contributed by atoms with van der Waals surface area (Å²) in [6, 6.07) is -0.0361. The summed E-state index contributed by atoms with van der Waals surface area (Å²) >= 11 is 1.03. The quantitative estimate of drug-likeness (QED) is 0.789. The molecule has 0 aliphatic carbocycles. The number of nitrogens with two attached hydrogens (primary N) is 1. The standard InChI is InChI=1S/C9H18N4O3S2/c1-6(5-16-4)11-9-7(8(10)12-17-9)18(14,15)13(2)3/h6,11H,5H2,1-4H3,(H2,10,12). The topological polar surface area (TPSA) is 97.5 Å². The highest BCUT2D eigenvalue weighted by Crippen LogP contribution is 2.33. The number of methoxy groups -OCH3 is 1. The summed E-state index contributed by atoms with van der Waals surface area (Å²) in [5.74, 6) is 0.0146. The van der Waals surface area contributed by atoms with E-state index in [2.05, 4.69) is 9.69 Å². The van der Waals surface area contributed by atoms with Gasteiger partial charge < -0.3 is 15.8 Å². The second-order valence-electron chi connectivity index (χ2n) is 4.01. The third-order valence-corrected chi connectivity index (χ3v) is 5.02. The molecule has 0 aliphatic rings. The molecule has 9 heteroatoms. The van der Waals surface area contributed by atoms with Gasteiger partial charge in [-0.15, -0.1) is 0 Å². The van der Waals surface area contributed by atoms with Gasteiger partial charge in [-0.1, -0.05) is 0 Å². The van der Waals surface area contributed by atoms with Gasteiger partial charge in [-0.05, 0) is 18.5 Å². The van der Waals surface area contributed by atoms with Crippen LogP contribution in [0.2, 0.25) is 0 Å². The maximum atomic E-state index is 12.1. The third-order valence-electron chi connectivity index (χ3n) is 2.21. The minimum atomic E-state index is -3.60. The van der Waals surface area contributed by atoms with E-state index < -0.39 is 10.0 Å². The Bertz CT molecular complexity index is 498. The van der Waals surface area contributed by atoms with Crippen molar-refractivity contribution in [1.82, 2.24) is 8.68 Å². The Kier molecular flexibility index (Phi) is 4.91. The molecule has 0 amide bonds. The number of hydrogen-bond acceptors (Lipinski definition) is 7. The predicted octanol–water partition coefficient (Wildman–Crippen LogP) is 0.422. The van der Waals surface area contributed by atoms with Crippen LogP contribution in [0.3, 0.4) is 0 Å². The van der Waals surface area contributed by atoms with Crippen LogP contribution >= 0.6 is 11.5 Å². The summed E-state index contributed by atoms with van der Waals surface area (Å²) < 4.78 is 34.2. The molecule has 0 saturated heterocycles. The molecule has 1 aromatic heterocycles. The van der Waals surface area contributed by atoms with Gasteiger partial charge in [-0.2, -0.15) is 4.37 Å². The molecular formula is C9H18N4O3S2. The SMILES string of the molecule is COCC(C)Nc1snc(N)c1S(=O)(=O)N(C)C. The minimum absolute atomic E-state index is 0.0146.